The van der Waals surface area contributed by atoms with Crippen molar-refractivity contribution < 1.29 is 4.79 Å². The smallest absolute Gasteiger partial charge is 0.220 e. The molecule has 2 unspecified atom stereocenters. The lowest BCUT2D eigenvalue weighted by atomic mass is 9.85. The van der Waals surface area contributed by atoms with Crippen molar-refractivity contribution in [1.29, 1.82) is 0 Å². The van der Waals surface area contributed by atoms with E-state index in [0.717, 1.165) is 19.0 Å². The first-order chi connectivity index (χ1) is 9.16. The van der Waals surface area contributed by atoms with Crippen LogP contribution in [-0.4, -0.2) is 25.0 Å². The van der Waals surface area contributed by atoms with E-state index in [4.69, 9.17) is 0 Å². The van der Waals surface area contributed by atoms with Gasteiger partial charge in [-0.3, -0.25) is 4.79 Å². The molecule has 0 aromatic carbocycles. The number of hydrogen-bond acceptors (Lipinski definition) is 2. The van der Waals surface area contributed by atoms with Crippen LogP contribution in [0.25, 0.3) is 0 Å². The third kappa shape index (κ3) is 4.48. The van der Waals surface area contributed by atoms with Gasteiger partial charge in [0.1, 0.15) is 0 Å². The molecule has 2 fully saturated rings. The van der Waals surface area contributed by atoms with Gasteiger partial charge in [-0.05, 0) is 63.5 Å². The van der Waals surface area contributed by atoms with Crippen molar-refractivity contribution in [3.8, 4) is 0 Å². The van der Waals surface area contributed by atoms with Gasteiger partial charge in [-0.2, -0.15) is 0 Å². The highest BCUT2D eigenvalue weighted by atomic mass is 16.1. The second-order valence-corrected chi connectivity index (χ2v) is 6.69. The van der Waals surface area contributed by atoms with E-state index >= 15 is 0 Å². The Morgan fingerprint density at radius 3 is 2.47 bits per heavy atom. The van der Waals surface area contributed by atoms with Gasteiger partial charge in [0, 0.05) is 12.5 Å². The summed E-state index contributed by atoms with van der Waals surface area (Å²) in [5, 5.41) is 6.68. The molecule has 0 radical (unpaired) electrons. The maximum Gasteiger partial charge on any atom is 0.220 e. The monoisotopic (exact) mass is 266 g/mol. The van der Waals surface area contributed by atoms with E-state index in [1.165, 1.54) is 38.5 Å². The Bertz CT molecular complexity index is 280. The number of amides is 1. The zero-order valence-electron chi connectivity index (χ0n) is 12.6. The van der Waals surface area contributed by atoms with E-state index in [2.05, 4.69) is 24.5 Å². The lowest BCUT2D eigenvalue weighted by molar-refractivity contribution is -0.123. The highest BCUT2D eigenvalue weighted by Crippen LogP contribution is 2.28. The van der Waals surface area contributed by atoms with E-state index < -0.39 is 0 Å². The molecule has 1 aliphatic heterocycles. The van der Waals surface area contributed by atoms with Gasteiger partial charge < -0.3 is 10.6 Å². The first-order valence-electron chi connectivity index (χ1n) is 8.17. The minimum Gasteiger partial charge on any atom is -0.353 e. The van der Waals surface area contributed by atoms with Crippen LogP contribution in [0.3, 0.4) is 0 Å². The summed E-state index contributed by atoms with van der Waals surface area (Å²) in [5.41, 5.74) is 0. The summed E-state index contributed by atoms with van der Waals surface area (Å²) < 4.78 is 0. The Kier molecular flexibility index (Phi) is 5.68. The molecule has 3 nitrogen and oxygen atoms in total. The van der Waals surface area contributed by atoms with Gasteiger partial charge in [-0.1, -0.05) is 19.8 Å². The van der Waals surface area contributed by atoms with Crippen molar-refractivity contribution in [3.63, 3.8) is 0 Å². The number of rotatable bonds is 5. The molecule has 0 aromatic rings. The first kappa shape index (κ1) is 14.8. The molecule has 1 heterocycles. The summed E-state index contributed by atoms with van der Waals surface area (Å²) in [6.07, 6.45) is 8.51. The molecule has 2 rings (SSSR count). The predicted octanol–water partition coefficient (Wildman–Crippen LogP) is 2.71. The molecular formula is C16H30N2O. The number of hydrogen-bond donors (Lipinski definition) is 2. The quantitative estimate of drug-likeness (QED) is 0.803. The summed E-state index contributed by atoms with van der Waals surface area (Å²) in [7, 11) is 0. The molecule has 3 atom stereocenters. The molecule has 3 heteroatoms. The van der Waals surface area contributed by atoms with Crippen molar-refractivity contribution in [2.24, 2.45) is 17.8 Å². The molecule has 1 saturated carbocycles. The van der Waals surface area contributed by atoms with Crippen LogP contribution >= 0.6 is 0 Å². The van der Waals surface area contributed by atoms with Crippen LogP contribution in [0.4, 0.5) is 0 Å². The van der Waals surface area contributed by atoms with Crippen LogP contribution in [0, 0.1) is 17.8 Å². The molecule has 19 heavy (non-hydrogen) atoms. The molecule has 0 bridgehead atoms. The molecule has 1 amide bonds. The van der Waals surface area contributed by atoms with Crippen LogP contribution < -0.4 is 10.6 Å². The Morgan fingerprint density at radius 2 is 1.84 bits per heavy atom. The van der Waals surface area contributed by atoms with Crippen molar-refractivity contribution in [3.05, 3.63) is 0 Å². The lowest BCUT2D eigenvalue weighted by Gasteiger charge is -2.29. The molecule has 2 aliphatic rings. The SMILES string of the molecule is CC(CC(=O)N[C@@H](C)C1CCCC1)C1CCCNC1. The fourth-order valence-electron chi connectivity index (χ4n) is 3.71. The number of nitrogens with one attached hydrogen (secondary N) is 2. The largest absolute Gasteiger partial charge is 0.353 e. The topological polar surface area (TPSA) is 41.1 Å². The summed E-state index contributed by atoms with van der Waals surface area (Å²) in [6, 6.07) is 0.367. The highest BCUT2D eigenvalue weighted by Gasteiger charge is 2.25. The molecule has 0 aromatic heterocycles. The molecule has 0 spiro atoms. The average Bonchev–Trinajstić information content (AvgIpc) is 2.93. The summed E-state index contributed by atoms with van der Waals surface area (Å²) in [4.78, 5) is 12.1. The summed E-state index contributed by atoms with van der Waals surface area (Å²) in [6.45, 7) is 6.65. The molecular weight excluding hydrogens is 236 g/mol. The predicted molar refractivity (Wildman–Crippen MR) is 78.9 cm³/mol. The number of carbonyl (C=O) groups is 1. The minimum absolute atomic E-state index is 0.262. The van der Waals surface area contributed by atoms with Gasteiger partial charge in [-0.15, -0.1) is 0 Å². The lowest BCUT2D eigenvalue weighted by Crippen LogP contribution is -2.40. The second-order valence-electron chi connectivity index (χ2n) is 6.69. The van der Waals surface area contributed by atoms with Crippen LogP contribution in [-0.2, 0) is 4.79 Å². The minimum atomic E-state index is 0.262. The fraction of sp³-hybridized carbons (Fsp3) is 0.938. The van der Waals surface area contributed by atoms with Crippen molar-refractivity contribution in [1.82, 2.24) is 10.6 Å². The normalized spacial score (nSPS) is 28.0. The summed E-state index contributed by atoms with van der Waals surface area (Å²) >= 11 is 0. The van der Waals surface area contributed by atoms with Crippen LogP contribution in [0.5, 0.6) is 0 Å². The van der Waals surface area contributed by atoms with Gasteiger partial charge in [0.25, 0.3) is 0 Å². The van der Waals surface area contributed by atoms with Crippen molar-refractivity contribution >= 4 is 5.91 Å². The maximum absolute atomic E-state index is 12.1. The summed E-state index contributed by atoms with van der Waals surface area (Å²) in [5.74, 6) is 2.16. The third-order valence-corrected chi connectivity index (χ3v) is 5.14. The zero-order valence-corrected chi connectivity index (χ0v) is 12.6. The second kappa shape index (κ2) is 7.28. The van der Waals surface area contributed by atoms with Gasteiger partial charge >= 0.3 is 0 Å². The molecule has 1 saturated heterocycles. The standard InChI is InChI=1S/C16H30N2O/c1-12(15-8-5-9-17-11-15)10-16(19)18-13(2)14-6-3-4-7-14/h12-15,17H,3-11H2,1-2H3,(H,18,19)/t12?,13-,15?/m0/s1. The van der Waals surface area contributed by atoms with Gasteiger partial charge in [0.05, 0.1) is 0 Å². The fourth-order valence-corrected chi connectivity index (χ4v) is 3.71. The molecule has 1 aliphatic carbocycles. The highest BCUT2D eigenvalue weighted by molar-refractivity contribution is 5.76. The molecule has 110 valence electrons. The van der Waals surface area contributed by atoms with E-state index in [0.29, 0.717) is 24.3 Å². The number of piperidine rings is 1. The van der Waals surface area contributed by atoms with Crippen LogP contribution in [0.1, 0.15) is 58.8 Å². The van der Waals surface area contributed by atoms with Gasteiger partial charge in [-0.25, -0.2) is 0 Å². The average molecular weight is 266 g/mol. The van der Waals surface area contributed by atoms with E-state index in [-0.39, 0.29) is 5.91 Å². The van der Waals surface area contributed by atoms with Crippen LogP contribution in [0.15, 0.2) is 0 Å². The van der Waals surface area contributed by atoms with Gasteiger partial charge in [0.2, 0.25) is 5.91 Å². The molecule has 2 N–H and O–H groups in total. The Labute approximate surface area is 117 Å². The van der Waals surface area contributed by atoms with E-state index in [1.54, 1.807) is 0 Å². The Hall–Kier alpha value is -0.570. The maximum atomic E-state index is 12.1. The van der Waals surface area contributed by atoms with Crippen molar-refractivity contribution in [2.45, 2.75) is 64.8 Å². The Balaban J connectivity index is 1.70. The third-order valence-electron chi connectivity index (χ3n) is 5.14. The first-order valence-corrected chi connectivity index (χ1v) is 8.17. The Morgan fingerprint density at radius 1 is 1.16 bits per heavy atom. The zero-order chi connectivity index (χ0) is 13.7. The van der Waals surface area contributed by atoms with Crippen molar-refractivity contribution in [2.75, 3.05) is 13.1 Å². The van der Waals surface area contributed by atoms with Crippen LogP contribution in [0.2, 0.25) is 0 Å². The number of carbonyl (C=O) groups excluding carboxylic acids is 1. The van der Waals surface area contributed by atoms with Gasteiger partial charge in [0.15, 0.2) is 0 Å². The van der Waals surface area contributed by atoms with E-state index in [1.807, 2.05) is 0 Å². The van der Waals surface area contributed by atoms with E-state index in [9.17, 15) is 4.79 Å².